The summed E-state index contributed by atoms with van der Waals surface area (Å²) >= 11 is 1.44. The van der Waals surface area contributed by atoms with Gasteiger partial charge in [0.2, 0.25) is 15.0 Å². The number of hydrogen-bond acceptors (Lipinski definition) is 7. The summed E-state index contributed by atoms with van der Waals surface area (Å²) in [5.41, 5.74) is 0.965. The van der Waals surface area contributed by atoms with Gasteiger partial charge in [-0.1, -0.05) is 29.5 Å². The van der Waals surface area contributed by atoms with Gasteiger partial charge in [0.1, 0.15) is 10.8 Å². The van der Waals surface area contributed by atoms with Crippen molar-refractivity contribution < 1.29 is 13.2 Å². The third kappa shape index (κ3) is 3.80. The summed E-state index contributed by atoms with van der Waals surface area (Å²) in [6.07, 6.45) is 6.80. The fraction of sp³-hybridized carbons (Fsp3) is 0.389. The molecule has 1 atom stereocenters. The van der Waals surface area contributed by atoms with E-state index in [1.807, 2.05) is 36.4 Å². The van der Waals surface area contributed by atoms with Crippen molar-refractivity contribution in [3.63, 3.8) is 0 Å². The van der Waals surface area contributed by atoms with Crippen molar-refractivity contribution in [2.45, 2.75) is 18.8 Å². The summed E-state index contributed by atoms with van der Waals surface area (Å²) < 4.78 is 32.4. The minimum absolute atomic E-state index is 0.00776. The van der Waals surface area contributed by atoms with Crippen LogP contribution in [-0.4, -0.2) is 59.0 Å². The highest BCUT2D eigenvalue weighted by Crippen LogP contribution is 2.29. The standard InChI is InChI=1S/C18H21N5O3S2/c1-26-15-8-4-3-6-13(15)9-10-16-21-23-17(19-20-18(23)27-16)14-7-5-11-22(12-14)28(2,24)25/h3-4,6,8-10,14H,5,7,11-12H2,1-2H3. The van der Waals surface area contributed by atoms with E-state index in [-0.39, 0.29) is 5.92 Å². The molecule has 1 fully saturated rings. The molecule has 8 nitrogen and oxygen atoms in total. The van der Waals surface area contributed by atoms with Crippen LogP contribution < -0.4 is 4.74 Å². The third-order valence-electron chi connectivity index (χ3n) is 4.79. The first kappa shape index (κ1) is 19.0. The smallest absolute Gasteiger partial charge is 0.234 e. The number of para-hydroxylation sites is 1. The fourth-order valence-corrected chi connectivity index (χ4v) is 5.05. The number of piperidine rings is 1. The number of methoxy groups -OCH3 is 1. The number of nitrogens with zero attached hydrogens (tertiary/aromatic N) is 5. The summed E-state index contributed by atoms with van der Waals surface area (Å²) in [5.74, 6) is 1.51. The molecule has 0 aliphatic carbocycles. The Morgan fingerprint density at radius 1 is 1.25 bits per heavy atom. The van der Waals surface area contributed by atoms with Crippen molar-refractivity contribution in [1.82, 2.24) is 24.1 Å². The van der Waals surface area contributed by atoms with E-state index in [1.54, 1.807) is 11.6 Å². The molecule has 1 aliphatic rings. The molecule has 4 rings (SSSR count). The van der Waals surface area contributed by atoms with Crippen LogP contribution in [0.25, 0.3) is 17.1 Å². The van der Waals surface area contributed by atoms with E-state index in [0.717, 1.165) is 35.0 Å². The first-order chi connectivity index (χ1) is 13.5. The van der Waals surface area contributed by atoms with Gasteiger partial charge in [-0.25, -0.2) is 12.7 Å². The lowest BCUT2D eigenvalue weighted by Crippen LogP contribution is -2.38. The number of rotatable bonds is 5. The Labute approximate surface area is 167 Å². The first-order valence-electron chi connectivity index (χ1n) is 8.94. The van der Waals surface area contributed by atoms with Gasteiger partial charge in [-0.3, -0.25) is 0 Å². The Hall–Kier alpha value is -2.30. The lowest BCUT2D eigenvalue weighted by Gasteiger charge is -2.29. The maximum atomic E-state index is 11.9. The van der Waals surface area contributed by atoms with E-state index in [0.29, 0.717) is 18.1 Å². The summed E-state index contributed by atoms with van der Waals surface area (Å²) in [7, 11) is -1.56. The molecule has 1 aliphatic heterocycles. The second-order valence-electron chi connectivity index (χ2n) is 6.73. The third-order valence-corrected chi connectivity index (χ3v) is 6.93. The topological polar surface area (TPSA) is 89.7 Å². The zero-order chi connectivity index (χ0) is 19.7. The van der Waals surface area contributed by atoms with Crippen LogP contribution in [0.4, 0.5) is 0 Å². The van der Waals surface area contributed by atoms with E-state index in [9.17, 15) is 8.42 Å². The average molecular weight is 420 g/mol. The molecule has 0 N–H and O–H groups in total. The Balaban J connectivity index is 1.60. The maximum Gasteiger partial charge on any atom is 0.234 e. The molecule has 28 heavy (non-hydrogen) atoms. The molecule has 0 radical (unpaired) electrons. The van der Waals surface area contributed by atoms with E-state index in [4.69, 9.17) is 4.74 Å². The van der Waals surface area contributed by atoms with Crippen molar-refractivity contribution in [2.24, 2.45) is 0 Å². The van der Waals surface area contributed by atoms with Gasteiger partial charge in [-0.2, -0.15) is 9.61 Å². The minimum Gasteiger partial charge on any atom is -0.496 e. The molecule has 1 saturated heterocycles. The van der Waals surface area contributed by atoms with Crippen molar-refractivity contribution >= 4 is 38.5 Å². The fourth-order valence-electron chi connectivity index (χ4n) is 3.39. The van der Waals surface area contributed by atoms with E-state index in [2.05, 4.69) is 15.3 Å². The number of sulfonamides is 1. The molecule has 0 bridgehead atoms. The maximum absolute atomic E-state index is 11.9. The number of ether oxygens (including phenoxy) is 1. The molecule has 1 unspecified atom stereocenters. The highest BCUT2D eigenvalue weighted by Gasteiger charge is 2.30. The second-order valence-corrected chi connectivity index (χ2v) is 9.70. The lowest BCUT2D eigenvalue weighted by atomic mass is 9.99. The van der Waals surface area contributed by atoms with Crippen LogP contribution in [0.2, 0.25) is 0 Å². The molecule has 0 amide bonds. The molecule has 3 heterocycles. The molecular formula is C18H21N5O3S2. The van der Waals surface area contributed by atoms with Crippen LogP contribution in [-0.2, 0) is 10.0 Å². The Kier molecular flexibility index (Phi) is 5.17. The highest BCUT2D eigenvalue weighted by atomic mass is 32.2. The van der Waals surface area contributed by atoms with Crippen LogP contribution in [0.15, 0.2) is 24.3 Å². The van der Waals surface area contributed by atoms with Crippen LogP contribution in [0.5, 0.6) is 5.75 Å². The van der Waals surface area contributed by atoms with E-state index < -0.39 is 10.0 Å². The predicted octanol–water partition coefficient (Wildman–Crippen LogP) is 2.50. The number of aromatic nitrogens is 4. The van der Waals surface area contributed by atoms with Crippen LogP contribution in [0.3, 0.4) is 0 Å². The van der Waals surface area contributed by atoms with Crippen molar-refractivity contribution in [2.75, 3.05) is 26.5 Å². The zero-order valence-corrected chi connectivity index (χ0v) is 17.3. The van der Waals surface area contributed by atoms with Gasteiger partial charge < -0.3 is 4.74 Å². The molecule has 1 aromatic carbocycles. The van der Waals surface area contributed by atoms with Gasteiger partial charge in [0.15, 0.2) is 5.82 Å². The van der Waals surface area contributed by atoms with Crippen LogP contribution in [0, 0.1) is 0 Å². The largest absolute Gasteiger partial charge is 0.496 e. The lowest BCUT2D eigenvalue weighted by molar-refractivity contribution is 0.309. The second kappa shape index (κ2) is 7.61. The van der Waals surface area contributed by atoms with Gasteiger partial charge in [-0.05, 0) is 31.1 Å². The monoisotopic (exact) mass is 419 g/mol. The number of benzene rings is 1. The Morgan fingerprint density at radius 2 is 2.07 bits per heavy atom. The summed E-state index contributed by atoms with van der Waals surface area (Å²) in [4.78, 5) is 0.700. The summed E-state index contributed by atoms with van der Waals surface area (Å²) in [5, 5.41) is 13.9. The molecule has 0 spiro atoms. The molecular weight excluding hydrogens is 398 g/mol. The zero-order valence-electron chi connectivity index (χ0n) is 15.6. The average Bonchev–Trinajstić information content (AvgIpc) is 3.26. The Morgan fingerprint density at radius 3 is 2.86 bits per heavy atom. The minimum atomic E-state index is -3.21. The van der Waals surface area contributed by atoms with Gasteiger partial charge in [-0.15, -0.1) is 10.2 Å². The Bertz CT molecular complexity index is 1120. The van der Waals surface area contributed by atoms with Crippen LogP contribution >= 0.6 is 11.3 Å². The van der Waals surface area contributed by atoms with Gasteiger partial charge >= 0.3 is 0 Å². The van der Waals surface area contributed by atoms with Crippen molar-refractivity contribution in [1.29, 1.82) is 0 Å². The molecule has 148 valence electrons. The van der Waals surface area contributed by atoms with E-state index in [1.165, 1.54) is 21.9 Å². The van der Waals surface area contributed by atoms with Crippen molar-refractivity contribution in [3.05, 3.63) is 40.7 Å². The molecule has 3 aromatic rings. The number of fused-ring (bicyclic) bond motifs is 1. The van der Waals surface area contributed by atoms with Gasteiger partial charge in [0, 0.05) is 24.6 Å². The summed E-state index contributed by atoms with van der Waals surface area (Å²) in [6, 6.07) is 7.76. The van der Waals surface area contributed by atoms with Gasteiger partial charge in [0.05, 0.1) is 13.4 Å². The van der Waals surface area contributed by atoms with Gasteiger partial charge in [0.25, 0.3) is 0 Å². The predicted molar refractivity (Wildman–Crippen MR) is 109 cm³/mol. The quantitative estimate of drug-likeness (QED) is 0.631. The molecule has 0 saturated carbocycles. The molecule has 2 aromatic heterocycles. The first-order valence-corrected chi connectivity index (χ1v) is 11.6. The SMILES string of the molecule is COc1ccccc1C=Cc1nn2c(C3CCCN(S(C)(=O)=O)C3)nnc2s1. The normalized spacial score (nSPS) is 18.9. The summed E-state index contributed by atoms with van der Waals surface area (Å²) in [6.45, 7) is 0.977. The van der Waals surface area contributed by atoms with Crippen molar-refractivity contribution in [3.8, 4) is 5.75 Å². The highest BCUT2D eigenvalue weighted by molar-refractivity contribution is 7.88. The van der Waals surface area contributed by atoms with Crippen LogP contribution in [0.1, 0.15) is 35.2 Å². The van der Waals surface area contributed by atoms with E-state index >= 15 is 0 Å². The molecule has 10 heteroatoms. The number of hydrogen-bond donors (Lipinski definition) is 0.